The summed E-state index contributed by atoms with van der Waals surface area (Å²) in [7, 11) is 1.43. The van der Waals surface area contributed by atoms with Gasteiger partial charge in [-0.05, 0) is 19.9 Å². The number of methoxy groups -OCH3 is 1. The van der Waals surface area contributed by atoms with Gasteiger partial charge in [-0.25, -0.2) is 4.98 Å². The molecule has 20 heteroatoms. The first-order chi connectivity index (χ1) is 33.8. The molecule has 7 rings (SSSR count). The van der Waals surface area contributed by atoms with Crippen molar-refractivity contribution in [3.8, 4) is 17.2 Å². The number of piperazine rings is 1. The number of rotatable bonds is 9. The van der Waals surface area contributed by atoms with E-state index < -0.39 is 83.0 Å². The Morgan fingerprint density at radius 3 is 2.35 bits per heavy atom. The predicted molar refractivity (Wildman–Crippen MR) is 264 cm³/mol. The predicted octanol–water partition coefficient (Wildman–Crippen LogP) is 5.46. The minimum Gasteiger partial charge on any atom is -0.505 e. The molecule has 71 heavy (non-hydrogen) atoms. The average molecular weight is 988 g/mol. The molecule has 4 heterocycles. The normalized spacial score (nSPS) is 28.0. The van der Waals surface area contributed by atoms with E-state index in [1.165, 1.54) is 53.2 Å². The number of amides is 1. The smallest absolute Gasteiger partial charge is 0.302 e. The van der Waals surface area contributed by atoms with Crippen LogP contribution >= 0.6 is 0 Å². The first kappa shape index (κ1) is 52.7. The molecule has 1 aromatic heterocycles. The molecule has 0 spiro atoms. The van der Waals surface area contributed by atoms with Crippen LogP contribution in [0.5, 0.6) is 17.2 Å². The van der Waals surface area contributed by atoms with Gasteiger partial charge in [0.1, 0.15) is 34.3 Å². The number of anilines is 2. The number of carbonyl (C=O) groups excluding carboxylic acids is 2. The number of benzene rings is 3. The zero-order chi connectivity index (χ0) is 51.6. The lowest BCUT2D eigenvalue weighted by Gasteiger charge is -2.38. The Morgan fingerprint density at radius 2 is 1.69 bits per heavy atom. The summed E-state index contributed by atoms with van der Waals surface area (Å²) in [5.74, 6) is -6.91. The lowest BCUT2D eigenvalue weighted by Crippen LogP contribution is -2.47. The van der Waals surface area contributed by atoms with Crippen LogP contribution in [0.2, 0.25) is 0 Å². The minimum atomic E-state index is -1.94. The van der Waals surface area contributed by atoms with E-state index in [1.807, 2.05) is 0 Å². The number of fused-ring (bicyclic) bond motifs is 2. The molecule has 0 aliphatic carbocycles. The van der Waals surface area contributed by atoms with Crippen molar-refractivity contribution in [2.75, 3.05) is 69.9 Å². The van der Waals surface area contributed by atoms with Crippen LogP contribution in [0.1, 0.15) is 65.6 Å². The van der Waals surface area contributed by atoms with E-state index >= 15 is 0 Å². The summed E-state index contributed by atoms with van der Waals surface area (Å²) in [6, 6.07) is 1.68. The van der Waals surface area contributed by atoms with Gasteiger partial charge in [0.15, 0.2) is 28.4 Å². The van der Waals surface area contributed by atoms with Gasteiger partial charge in [-0.3, -0.25) is 19.3 Å². The second-order valence-electron chi connectivity index (χ2n) is 19.0. The van der Waals surface area contributed by atoms with Crippen LogP contribution in [0, 0.1) is 35.5 Å². The topological polar surface area (TPSA) is 272 Å². The molecular formula is C51H65N5O15. The Morgan fingerprint density at radius 1 is 0.972 bits per heavy atom. The molecule has 6 N–H and O–H groups in total. The fraction of sp³-hybridized carbons (Fsp3) is 0.529. The molecule has 3 aromatic carbocycles. The Balaban J connectivity index is 1.41. The maximum atomic E-state index is 14.6. The summed E-state index contributed by atoms with van der Waals surface area (Å²) in [4.78, 5) is 63.5. The second-order valence-corrected chi connectivity index (χ2v) is 19.0. The van der Waals surface area contributed by atoms with E-state index in [-0.39, 0.29) is 80.1 Å². The molecule has 3 aliphatic rings. The lowest BCUT2D eigenvalue weighted by molar-refractivity contribution is -0.160. The van der Waals surface area contributed by atoms with E-state index in [9.17, 15) is 39.7 Å². The highest BCUT2D eigenvalue weighted by atomic mass is 16.7. The second kappa shape index (κ2) is 21.7. The Hall–Kier alpha value is -6.16. The number of aliphatic hydroxyl groups is 3. The molecule has 1 saturated heterocycles. The van der Waals surface area contributed by atoms with Crippen molar-refractivity contribution >= 4 is 56.2 Å². The number of esters is 1. The summed E-state index contributed by atoms with van der Waals surface area (Å²) in [6.07, 6.45) is 3.47. The van der Waals surface area contributed by atoms with Crippen molar-refractivity contribution in [3.63, 3.8) is 0 Å². The van der Waals surface area contributed by atoms with Crippen molar-refractivity contribution < 1.29 is 63.2 Å². The number of hydrogen-bond donors (Lipinski definition) is 6. The number of aliphatic hydroxyl groups excluding tert-OH is 3. The van der Waals surface area contributed by atoms with Gasteiger partial charge in [0.05, 0.1) is 49.8 Å². The number of aromatic nitrogens is 1. The molecule has 4 aromatic rings. The molecule has 3 aliphatic heterocycles. The molecule has 384 valence electrons. The number of allylic oxidation sites excluding steroid dienone is 2. The maximum absolute atomic E-state index is 14.6. The summed E-state index contributed by atoms with van der Waals surface area (Å²) >= 11 is 0. The number of ether oxygens (including phenoxy) is 5. The zero-order valence-electron chi connectivity index (χ0n) is 41.5. The van der Waals surface area contributed by atoms with Crippen molar-refractivity contribution in [1.29, 1.82) is 0 Å². The zero-order valence-corrected chi connectivity index (χ0v) is 41.5. The average Bonchev–Trinajstić information content (AvgIpc) is 3.65. The first-order valence-electron chi connectivity index (χ1n) is 23.8. The van der Waals surface area contributed by atoms with Gasteiger partial charge in [-0.15, -0.1) is 4.91 Å². The van der Waals surface area contributed by atoms with E-state index in [0.717, 1.165) is 0 Å². The highest BCUT2D eigenvalue weighted by Gasteiger charge is 2.52. The highest BCUT2D eigenvalue weighted by molar-refractivity contribution is 6.20. The Kier molecular flexibility index (Phi) is 16.1. The van der Waals surface area contributed by atoms with Crippen LogP contribution < -0.4 is 20.4 Å². The van der Waals surface area contributed by atoms with Crippen molar-refractivity contribution in [2.24, 2.45) is 28.8 Å². The van der Waals surface area contributed by atoms with Crippen LogP contribution in [-0.2, 0) is 28.5 Å². The number of nitrogens with zero attached hydrogens (tertiary/aromatic N) is 4. The molecule has 1 amide bonds. The monoisotopic (exact) mass is 987 g/mol. The maximum Gasteiger partial charge on any atom is 0.302 e. The Labute approximate surface area is 410 Å². The van der Waals surface area contributed by atoms with Crippen LogP contribution in [0.25, 0.3) is 33.0 Å². The Bertz CT molecular complexity index is 2820. The van der Waals surface area contributed by atoms with E-state index in [4.69, 9.17) is 38.2 Å². The van der Waals surface area contributed by atoms with Crippen LogP contribution in [-0.4, -0.2) is 137 Å². The summed E-state index contributed by atoms with van der Waals surface area (Å²) in [5, 5.41) is 61.9. The minimum absolute atomic E-state index is 0.0226. The quantitative estimate of drug-likeness (QED) is 0.0303. The van der Waals surface area contributed by atoms with E-state index in [2.05, 4.69) is 20.3 Å². The molecular weight excluding hydrogens is 923 g/mol. The van der Waals surface area contributed by atoms with Gasteiger partial charge in [0.25, 0.3) is 11.7 Å². The third-order valence-electron chi connectivity index (χ3n) is 14.2. The molecule has 1 fully saturated rings. The molecule has 20 nitrogen and oxygen atoms in total. The molecule has 0 saturated carbocycles. The largest absolute Gasteiger partial charge is 0.505 e. The van der Waals surface area contributed by atoms with Gasteiger partial charge >= 0.3 is 5.97 Å². The highest BCUT2D eigenvalue weighted by Crippen LogP contribution is 2.54. The van der Waals surface area contributed by atoms with E-state index in [0.29, 0.717) is 45.0 Å². The molecule has 1 unspecified atom stereocenters. The van der Waals surface area contributed by atoms with Gasteiger partial charge in [-0.1, -0.05) is 51.1 Å². The number of phenols is 2. The SMILES string of the molecule is CO[C@H]1C=CO[C@@]2(C)Oc3c(C)c(=O)c4c(O)c(c5oc6cc(N7CCN(CCOCCO)CC7)cc(O)c6nc5c4c3C2N=O)NC(=O)C(C)=CC=C[C@H](C)[C@H](O)[C@@H](C)[C@@H](O)[C@@H](C)[C@H](OC(C)=O)[C@@H]1C. The van der Waals surface area contributed by atoms with Crippen LogP contribution in [0.3, 0.4) is 0 Å². The lowest BCUT2D eigenvalue weighted by atomic mass is 9.78. The summed E-state index contributed by atoms with van der Waals surface area (Å²) in [5.41, 5.74) is -0.613. The third-order valence-corrected chi connectivity index (χ3v) is 14.2. The number of carbonyl (C=O) groups is 2. The summed E-state index contributed by atoms with van der Waals surface area (Å²) in [6.45, 7) is 16.5. The number of aromatic hydroxyl groups is 2. The van der Waals surface area contributed by atoms with Gasteiger partial charge in [0.2, 0.25) is 0 Å². The number of phenolic OH excluding ortho intramolecular Hbond substituents is 2. The summed E-state index contributed by atoms with van der Waals surface area (Å²) < 4.78 is 36.2. The first-order valence-corrected chi connectivity index (χ1v) is 23.8. The van der Waals surface area contributed by atoms with Gasteiger partial charge in [-0.2, -0.15) is 0 Å². The standard InChI is InChI=1S/C51H65N5O15/c1-25-11-10-12-26(2)50(64)53-41-45(63)37-36(40-48(41)70-35-24-32(23-33(59)39(35)52-40)56-16-14-55(15-17-56)18-21-67-22-19-57)38-47(30(6)44(37)62)71-51(8,49(38)54-65)68-20-13-34(66-9)27(3)46(69-31(7)58)29(5)43(61)28(4)42(25)60/h10-13,20,23-25,27-29,34,42-43,46,49,57,59-61,63H,14-19,21-22H2,1-9H3,(H,53,64)/t25-,27+,28+,29+,34-,42-,43+,46+,49?,51-/m0/s1. The van der Waals surface area contributed by atoms with Gasteiger partial charge < -0.3 is 63.9 Å². The number of nitroso groups, excluding NO2 is 1. The van der Waals surface area contributed by atoms with Crippen molar-refractivity contribution in [1.82, 2.24) is 9.88 Å². The number of nitrogens with one attached hydrogen (secondary N) is 1. The fourth-order valence-electron chi connectivity index (χ4n) is 9.95. The molecule has 4 bridgehead atoms. The fourth-order valence-corrected chi connectivity index (χ4v) is 9.95. The van der Waals surface area contributed by atoms with Crippen LogP contribution in [0.4, 0.5) is 11.4 Å². The van der Waals surface area contributed by atoms with E-state index in [1.54, 1.807) is 52.0 Å². The third kappa shape index (κ3) is 10.3. The van der Waals surface area contributed by atoms with Crippen LogP contribution in [0.15, 0.2) is 62.7 Å². The molecule has 0 radical (unpaired) electrons. The molecule has 10 atom stereocenters. The van der Waals surface area contributed by atoms with Gasteiger partial charge in [0, 0.05) is 117 Å². The van der Waals surface area contributed by atoms with Crippen molar-refractivity contribution in [2.45, 2.75) is 91.6 Å². The number of hydrogen-bond acceptors (Lipinski definition) is 19. The van der Waals surface area contributed by atoms with Crippen molar-refractivity contribution in [3.05, 3.63) is 74.5 Å².